The van der Waals surface area contributed by atoms with Crippen LogP contribution in [0, 0.1) is 5.92 Å². The van der Waals surface area contributed by atoms with Crippen LogP contribution in [-0.4, -0.2) is 19.9 Å². The molecule has 0 amide bonds. The molecule has 1 unspecified atom stereocenters. The third kappa shape index (κ3) is 5.33. The second-order valence-corrected chi connectivity index (χ2v) is 8.05. The van der Waals surface area contributed by atoms with Crippen LogP contribution in [0.25, 0.3) is 0 Å². The van der Waals surface area contributed by atoms with Gasteiger partial charge in [0.15, 0.2) is 9.84 Å². The predicted octanol–water partition coefficient (Wildman–Crippen LogP) is 2.88. The summed E-state index contributed by atoms with van der Waals surface area (Å²) in [4.78, 5) is 0. The van der Waals surface area contributed by atoms with Crippen LogP contribution in [0.5, 0.6) is 0 Å². The van der Waals surface area contributed by atoms with E-state index in [9.17, 15) is 8.42 Å². The molecule has 0 heterocycles. The monoisotopic (exact) mass is 283 g/mol. The summed E-state index contributed by atoms with van der Waals surface area (Å²) in [5, 5.41) is 0. The maximum Gasteiger partial charge on any atom is 0.152 e. The lowest BCUT2D eigenvalue weighted by Crippen LogP contribution is -2.25. The Morgan fingerprint density at radius 2 is 1.42 bits per heavy atom. The minimum Gasteiger partial charge on any atom is -0.323 e. The third-order valence-electron chi connectivity index (χ3n) is 3.05. The molecule has 0 aliphatic rings. The molecule has 0 spiro atoms. The van der Waals surface area contributed by atoms with Gasteiger partial charge in [0, 0.05) is 6.04 Å². The van der Waals surface area contributed by atoms with Gasteiger partial charge in [0.05, 0.1) is 11.5 Å². The van der Waals surface area contributed by atoms with Crippen molar-refractivity contribution in [3.05, 3.63) is 35.4 Å². The molecule has 3 nitrogen and oxygen atoms in total. The van der Waals surface area contributed by atoms with Gasteiger partial charge in [0.25, 0.3) is 0 Å². The molecule has 0 fully saturated rings. The Balaban J connectivity index is 2.75. The van der Waals surface area contributed by atoms with Crippen molar-refractivity contribution < 1.29 is 8.42 Å². The maximum atomic E-state index is 11.9. The van der Waals surface area contributed by atoms with Crippen LogP contribution in [0.15, 0.2) is 24.3 Å². The van der Waals surface area contributed by atoms with Crippen molar-refractivity contribution in [1.82, 2.24) is 0 Å². The van der Waals surface area contributed by atoms with Gasteiger partial charge in [-0.2, -0.15) is 0 Å². The lowest BCUT2D eigenvalue weighted by Gasteiger charge is -2.15. The normalized spacial score (nSPS) is 14.1. The SMILES string of the molecule is CC(C)CS(=O)(=O)CC(N)c1ccc(C(C)C)cc1. The van der Waals surface area contributed by atoms with Gasteiger partial charge >= 0.3 is 0 Å². The molecular weight excluding hydrogens is 258 g/mol. The van der Waals surface area contributed by atoms with Crippen molar-refractivity contribution in [3.8, 4) is 0 Å². The topological polar surface area (TPSA) is 60.2 Å². The molecule has 0 saturated heterocycles. The number of sulfone groups is 1. The lowest BCUT2D eigenvalue weighted by molar-refractivity contribution is 0.575. The number of hydrogen-bond acceptors (Lipinski definition) is 3. The van der Waals surface area contributed by atoms with E-state index in [-0.39, 0.29) is 17.4 Å². The highest BCUT2D eigenvalue weighted by atomic mass is 32.2. The van der Waals surface area contributed by atoms with Crippen molar-refractivity contribution in [1.29, 1.82) is 0 Å². The molecule has 0 aliphatic carbocycles. The molecular formula is C15H25NO2S. The molecule has 0 aromatic heterocycles. The molecule has 1 atom stereocenters. The summed E-state index contributed by atoms with van der Waals surface area (Å²) in [6, 6.07) is 7.48. The molecule has 0 radical (unpaired) electrons. The predicted molar refractivity (Wildman–Crippen MR) is 81.0 cm³/mol. The van der Waals surface area contributed by atoms with Crippen molar-refractivity contribution in [2.24, 2.45) is 11.7 Å². The van der Waals surface area contributed by atoms with E-state index in [1.807, 2.05) is 38.1 Å². The first kappa shape index (κ1) is 16.2. The number of nitrogens with two attached hydrogens (primary N) is 1. The summed E-state index contributed by atoms with van der Waals surface area (Å²) in [6.07, 6.45) is 0. The Morgan fingerprint density at radius 3 is 1.84 bits per heavy atom. The molecule has 4 heteroatoms. The number of benzene rings is 1. The summed E-state index contributed by atoms with van der Waals surface area (Å²) >= 11 is 0. The van der Waals surface area contributed by atoms with Crippen LogP contribution in [0.4, 0.5) is 0 Å². The van der Waals surface area contributed by atoms with Gasteiger partial charge < -0.3 is 5.73 Å². The lowest BCUT2D eigenvalue weighted by atomic mass is 10.00. The zero-order valence-corrected chi connectivity index (χ0v) is 13.1. The van der Waals surface area contributed by atoms with Gasteiger partial charge in [-0.15, -0.1) is 0 Å². The zero-order valence-electron chi connectivity index (χ0n) is 12.3. The third-order valence-corrected chi connectivity index (χ3v) is 5.09. The molecule has 0 bridgehead atoms. The molecule has 1 aromatic carbocycles. The second kappa shape index (κ2) is 6.53. The summed E-state index contributed by atoms with van der Waals surface area (Å²) in [5.41, 5.74) is 8.13. The molecule has 1 rings (SSSR count). The highest BCUT2D eigenvalue weighted by Crippen LogP contribution is 2.19. The fourth-order valence-corrected chi connectivity index (χ4v) is 3.97. The quantitative estimate of drug-likeness (QED) is 0.873. The summed E-state index contributed by atoms with van der Waals surface area (Å²) in [6.45, 7) is 8.06. The average molecular weight is 283 g/mol. The van der Waals surface area contributed by atoms with Crippen LogP contribution in [0.3, 0.4) is 0 Å². The highest BCUT2D eigenvalue weighted by Gasteiger charge is 2.19. The standard InChI is InChI=1S/C15H25NO2S/c1-11(2)9-19(17,18)10-15(16)14-7-5-13(6-8-14)12(3)4/h5-8,11-12,15H,9-10,16H2,1-4H3. The van der Waals surface area contributed by atoms with Gasteiger partial charge in [-0.3, -0.25) is 0 Å². The van der Waals surface area contributed by atoms with Crippen LogP contribution in [-0.2, 0) is 9.84 Å². The molecule has 108 valence electrons. The Hall–Kier alpha value is -0.870. The van der Waals surface area contributed by atoms with Crippen molar-refractivity contribution in [3.63, 3.8) is 0 Å². The van der Waals surface area contributed by atoms with Gasteiger partial charge in [-0.1, -0.05) is 52.0 Å². The van der Waals surface area contributed by atoms with Gasteiger partial charge in [-0.05, 0) is 23.0 Å². The van der Waals surface area contributed by atoms with Crippen molar-refractivity contribution >= 4 is 9.84 Å². The van der Waals surface area contributed by atoms with E-state index in [1.165, 1.54) is 5.56 Å². The Labute approximate surface area is 117 Å². The first-order valence-corrected chi connectivity index (χ1v) is 8.59. The Kier molecular flexibility index (Phi) is 5.56. The van der Waals surface area contributed by atoms with E-state index >= 15 is 0 Å². The average Bonchev–Trinajstić information content (AvgIpc) is 2.26. The minimum atomic E-state index is -3.08. The maximum absolute atomic E-state index is 11.9. The smallest absolute Gasteiger partial charge is 0.152 e. The fraction of sp³-hybridized carbons (Fsp3) is 0.600. The molecule has 1 aromatic rings. The summed E-state index contributed by atoms with van der Waals surface area (Å²) in [5.74, 6) is 0.826. The first-order chi connectivity index (χ1) is 8.71. The largest absolute Gasteiger partial charge is 0.323 e. The Bertz CT molecular complexity index is 489. The highest BCUT2D eigenvalue weighted by molar-refractivity contribution is 7.91. The molecule has 0 aliphatic heterocycles. The van der Waals surface area contributed by atoms with Gasteiger partial charge in [-0.25, -0.2) is 8.42 Å². The fourth-order valence-electron chi connectivity index (χ4n) is 2.07. The molecule has 0 saturated carbocycles. The Morgan fingerprint density at radius 1 is 0.947 bits per heavy atom. The van der Waals surface area contributed by atoms with E-state index < -0.39 is 15.9 Å². The van der Waals surface area contributed by atoms with E-state index in [1.54, 1.807) is 0 Å². The van der Waals surface area contributed by atoms with E-state index in [4.69, 9.17) is 5.73 Å². The summed E-state index contributed by atoms with van der Waals surface area (Å²) < 4.78 is 23.8. The van der Waals surface area contributed by atoms with Crippen LogP contribution < -0.4 is 5.73 Å². The van der Waals surface area contributed by atoms with Gasteiger partial charge in [0.2, 0.25) is 0 Å². The van der Waals surface area contributed by atoms with Gasteiger partial charge in [0.1, 0.15) is 0 Å². The molecule has 2 N–H and O–H groups in total. The number of hydrogen-bond donors (Lipinski definition) is 1. The van der Waals surface area contributed by atoms with Crippen LogP contribution in [0.1, 0.15) is 50.8 Å². The minimum absolute atomic E-state index is 0.0200. The van der Waals surface area contributed by atoms with Crippen molar-refractivity contribution in [2.45, 2.75) is 39.7 Å². The van der Waals surface area contributed by atoms with Crippen molar-refractivity contribution in [2.75, 3.05) is 11.5 Å². The zero-order chi connectivity index (χ0) is 14.6. The van der Waals surface area contributed by atoms with Crippen LogP contribution in [0.2, 0.25) is 0 Å². The van der Waals surface area contributed by atoms with E-state index in [0.717, 1.165) is 5.56 Å². The summed E-state index contributed by atoms with van der Waals surface area (Å²) in [7, 11) is -3.08. The van der Waals surface area contributed by atoms with E-state index in [2.05, 4.69) is 13.8 Å². The second-order valence-electron chi connectivity index (χ2n) is 5.90. The first-order valence-electron chi connectivity index (χ1n) is 6.77. The number of rotatable bonds is 6. The van der Waals surface area contributed by atoms with E-state index in [0.29, 0.717) is 5.92 Å². The van der Waals surface area contributed by atoms with Crippen LogP contribution >= 0.6 is 0 Å². The molecule has 19 heavy (non-hydrogen) atoms.